The Morgan fingerprint density at radius 1 is 1.40 bits per heavy atom. The van der Waals surface area contributed by atoms with Crippen LogP contribution in [0.25, 0.3) is 0 Å². The molecule has 2 aliphatic rings. The quantitative estimate of drug-likeness (QED) is 0.739. The second kappa shape index (κ2) is 5.84. The smallest absolute Gasteiger partial charge is 0.256 e. The molecule has 0 fully saturated rings. The Labute approximate surface area is 145 Å². The van der Waals surface area contributed by atoms with Crippen LogP contribution in [0.15, 0.2) is 12.1 Å². The third-order valence-electron chi connectivity index (χ3n) is 5.30. The monoisotopic (exact) mass is 343 g/mol. The summed E-state index contributed by atoms with van der Waals surface area (Å²) in [5, 5.41) is 7.69. The van der Waals surface area contributed by atoms with E-state index in [4.69, 9.17) is 11.5 Å². The number of carbonyl (C=O) groups is 1. The molecule has 1 aromatic heterocycles. The maximum absolute atomic E-state index is 13.9. The zero-order chi connectivity index (χ0) is 17.7. The van der Waals surface area contributed by atoms with E-state index in [1.165, 1.54) is 16.8 Å². The summed E-state index contributed by atoms with van der Waals surface area (Å²) in [4.78, 5) is 13.2. The molecule has 6 nitrogen and oxygen atoms in total. The van der Waals surface area contributed by atoms with Crippen molar-refractivity contribution in [2.24, 2.45) is 5.73 Å². The number of anilines is 2. The highest BCUT2D eigenvalue weighted by Crippen LogP contribution is 2.37. The number of hydrogen-bond acceptors (Lipinski definition) is 5. The van der Waals surface area contributed by atoms with E-state index in [1.807, 2.05) is 6.92 Å². The molecule has 0 amide bonds. The number of nitrogens with two attached hydrogens (primary N) is 2. The second-order valence-corrected chi connectivity index (χ2v) is 6.95. The van der Waals surface area contributed by atoms with Crippen molar-refractivity contribution < 1.29 is 9.18 Å². The van der Waals surface area contributed by atoms with E-state index in [2.05, 4.69) is 10.4 Å². The lowest BCUT2D eigenvalue weighted by Gasteiger charge is -2.27. The van der Waals surface area contributed by atoms with Gasteiger partial charge in [0.2, 0.25) is 0 Å². The van der Waals surface area contributed by atoms with Gasteiger partial charge in [0.1, 0.15) is 11.6 Å². The van der Waals surface area contributed by atoms with Crippen LogP contribution in [0.3, 0.4) is 0 Å². The van der Waals surface area contributed by atoms with Gasteiger partial charge in [-0.15, -0.1) is 0 Å². The molecule has 2 unspecified atom stereocenters. The molecule has 0 saturated carbocycles. The number of benzene rings is 1. The summed E-state index contributed by atoms with van der Waals surface area (Å²) in [5.74, 6) is -0.645. The van der Waals surface area contributed by atoms with Gasteiger partial charge in [0, 0.05) is 23.8 Å². The summed E-state index contributed by atoms with van der Waals surface area (Å²) in [6, 6.07) is 2.72. The largest absolute Gasteiger partial charge is 0.385 e. The van der Waals surface area contributed by atoms with Crippen LogP contribution in [0.2, 0.25) is 0 Å². The first-order valence-electron chi connectivity index (χ1n) is 8.68. The van der Waals surface area contributed by atoms with Crippen molar-refractivity contribution in [2.45, 2.75) is 44.6 Å². The number of nitrogens with one attached hydrogen (secondary N) is 1. The highest BCUT2D eigenvalue weighted by atomic mass is 19.1. The molecule has 2 atom stereocenters. The number of nitrogens with zero attached hydrogens (tertiary/aromatic N) is 2. The molecule has 132 valence electrons. The number of nitrogen functional groups attached to an aromatic ring is 1. The van der Waals surface area contributed by atoms with Gasteiger partial charge in [-0.2, -0.15) is 9.78 Å². The fourth-order valence-corrected chi connectivity index (χ4v) is 4.03. The molecule has 0 saturated heterocycles. The molecule has 2 heterocycles. The van der Waals surface area contributed by atoms with E-state index >= 15 is 0 Å². The Kier molecular flexibility index (Phi) is 3.76. The number of hydrogen-bond donors (Lipinski definition) is 3. The van der Waals surface area contributed by atoms with E-state index in [0.717, 1.165) is 41.8 Å². The minimum atomic E-state index is -0.467. The van der Waals surface area contributed by atoms with Crippen LogP contribution in [0.1, 0.15) is 58.4 Å². The normalized spacial score (nSPS) is 22.0. The molecule has 1 aliphatic heterocycles. The van der Waals surface area contributed by atoms with Crippen LogP contribution in [-0.2, 0) is 6.42 Å². The summed E-state index contributed by atoms with van der Waals surface area (Å²) in [6.45, 7) is 2.48. The SMILES string of the molecule is Cc1cc(F)cc2c1NCCC2C(=O)n1nc2c(c1N)CCCC2N. The first-order valence-corrected chi connectivity index (χ1v) is 8.68. The van der Waals surface area contributed by atoms with Crippen molar-refractivity contribution in [2.75, 3.05) is 17.6 Å². The van der Waals surface area contributed by atoms with Gasteiger partial charge in [-0.05, 0) is 55.9 Å². The predicted octanol–water partition coefficient (Wildman–Crippen LogP) is 2.49. The fraction of sp³-hybridized carbons (Fsp3) is 0.444. The first kappa shape index (κ1) is 16.1. The Balaban J connectivity index is 1.77. The average Bonchev–Trinajstić information content (AvgIpc) is 2.92. The lowest BCUT2D eigenvalue weighted by atomic mass is 9.88. The number of fused-ring (bicyclic) bond motifs is 2. The molecule has 0 bridgehead atoms. The number of halogens is 1. The van der Waals surface area contributed by atoms with Crippen LogP contribution in [0.4, 0.5) is 15.9 Å². The maximum atomic E-state index is 13.9. The molecular weight excluding hydrogens is 321 g/mol. The van der Waals surface area contributed by atoms with Gasteiger partial charge in [0.15, 0.2) is 0 Å². The number of aryl methyl sites for hydroxylation is 1. The zero-order valence-electron chi connectivity index (χ0n) is 14.2. The molecule has 5 N–H and O–H groups in total. The zero-order valence-corrected chi connectivity index (χ0v) is 14.2. The van der Waals surface area contributed by atoms with Crippen molar-refractivity contribution in [3.8, 4) is 0 Å². The number of rotatable bonds is 1. The van der Waals surface area contributed by atoms with Crippen molar-refractivity contribution in [3.05, 3.63) is 40.3 Å². The number of carbonyl (C=O) groups excluding carboxylic acids is 1. The van der Waals surface area contributed by atoms with Gasteiger partial charge >= 0.3 is 0 Å². The average molecular weight is 343 g/mol. The van der Waals surface area contributed by atoms with E-state index < -0.39 is 5.92 Å². The van der Waals surface area contributed by atoms with Crippen LogP contribution >= 0.6 is 0 Å². The second-order valence-electron chi connectivity index (χ2n) is 6.95. The van der Waals surface area contributed by atoms with Gasteiger partial charge in [0.05, 0.1) is 11.6 Å². The van der Waals surface area contributed by atoms with Crippen molar-refractivity contribution in [3.63, 3.8) is 0 Å². The Morgan fingerprint density at radius 3 is 2.96 bits per heavy atom. The lowest BCUT2D eigenvalue weighted by Crippen LogP contribution is -2.29. The third kappa shape index (κ3) is 2.50. The van der Waals surface area contributed by atoms with E-state index in [1.54, 1.807) is 0 Å². The highest BCUT2D eigenvalue weighted by molar-refractivity contribution is 5.90. The first-order chi connectivity index (χ1) is 12.0. The van der Waals surface area contributed by atoms with E-state index in [0.29, 0.717) is 24.3 Å². The van der Waals surface area contributed by atoms with Crippen LogP contribution < -0.4 is 16.8 Å². The summed E-state index contributed by atoms with van der Waals surface area (Å²) in [5.41, 5.74) is 16.2. The van der Waals surface area contributed by atoms with Gasteiger partial charge in [-0.1, -0.05) is 0 Å². The minimum Gasteiger partial charge on any atom is -0.385 e. The minimum absolute atomic E-state index is 0.180. The van der Waals surface area contributed by atoms with Crippen LogP contribution in [-0.4, -0.2) is 22.2 Å². The van der Waals surface area contributed by atoms with Gasteiger partial charge in [-0.25, -0.2) is 4.39 Å². The lowest BCUT2D eigenvalue weighted by molar-refractivity contribution is 0.0859. The summed E-state index contributed by atoms with van der Waals surface area (Å²) < 4.78 is 15.2. The highest BCUT2D eigenvalue weighted by Gasteiger charge is 2.33. The summed E-state index contributed by atoms with van der Waals surface area (Å²) in [6.07, 6.45) is 3.15. The number of aromatic nitrogens is 2. The third-order valence-corrected chi connectivity index (χ3v) is 5.30. The molecule has 1 aromatic carbocycles. The van der Waals surface area contributed by atoms with E-state index in [9.17, 15) is 9.18 Å². The van der Waals surface area contributed by atoms with E-state index in [-0.39, 0.29) is 17.8 Å². The molecule has 4 rings (SSSR count). The van der Waals surface area contributed by atoms with Crippen molar-refractivity contribution in [1.29, 1.82) is 0 Å². The Bertz CT molecular complexity index is 860. The fourth-order valence-electron chi connectivity index (χ4n) is 4.03. The molecule has 0 radical (unpaired) electrons. The predicted molar refractivity (Wildman–Crippen MR) is 94.1 cm³/mol. The standard InChI is InChI=1S/C18H22FN5O/c1-9-7-10(19)8-13-11(5-6-22-15(9)13)18(25)24-17(21)12-3-2-4-14(20)16(12)23-24/h7-8,11,14,22H,2-6,20-21H2,1H3. The Hall–Kier alpha value is -2.41. The van der Waals surface area contributed by atoms with Gasteiger partial charge < -0.3 is 16.8 Å². The molecule has 1 aliphatic carbocycles. The maximum Gasteiger partial charge on any atom is 0.256 e. The summed E-state index contributed by atoms with van der Waals surface area (Å²) in [7, 11) is 0. The molecule has 0 spiro atoms. The van der Waals surface area contributed by atoms with Crippen LogP contribution in [0.5, 0.6) is 0 Å². The molecular formula is C18H22FN5O. The molecule has 2 aromatic rings. The Morgan fingerprint density at radius 2 is 2.20 bits per heavy atom. The van der Waals surface area contributed by atoms with Gasteiger partial charge in [0.25, 0.3) is 5.91 Å². The van der Waals surface area contributed by atoms with Crippen molar-refractivity contribution >= 4 is 17.4 Å². The molecule has 7 heteroatoms. The topological polar surface area (TPSA) is 99.0 Å². The van der Waals surface area contributed by atoms with Gasteiger partial charge in [-0.3, -0.25) is 4.79 Å². The van der Waals surface area contributed by atoms with Crippen LogP contribution in [0, 0.1) is 12.7 Å². The molecule has 25 heavy (non-hydrogen) atoms. The summed E-state index contributed by atoms with van der Waals surface area (Å²) >= 11 is 0. The van der Waals surface area contributed by atoms with Crippen molar-refractivity contribution in [1.82, 2.24) is 9.78 Å².